The largest absolute Gasteiger partial charge is 0.457 e. The van der Waals surface area contributed by atoms with E-state index in [4.69, 9.17) is 14.9 Å². The average Bonchev–Trinajstić information content (AvgIpc) is 3.00. The van der Waals surface area contributed by atoms with Gasteiger partial charge in [0, 0.05) is 11.3 Å². The number of furan rings is 1. The highest BCUT2D eigenvalue weighted by Gasteiger charge is 2.22. The van der Waals surface area contributed by atoms with Crippen LogP contribution in [0.2, 0.25) is 0 Å². The zero-order valence-electron chi connectivity index (χ0n) is 14.9. The lowest BCUT2D eigenvalue weighted by molar-refractivity contribution is 0.210. The molecule has 1 aliphatic heterocycles. The van der Waals surface area contributed by atoms with Gasteiger partial charge in [0.2, 0.25) is 0 Å². The zero-order chi connectivity index (χ0) is 17.5. The molecule has 2 heterocycles. The second kappa shape index (κ2) is 8.73. The van der Waals surface area contributed by atoms with Gasteiger partial charge in [-0.25, -0.2) is 4.79 Å². The summed E-state index contributed by atoms with van der Waals surface area (Å²) in [4.78, 5) is 13.2. The Morgan fingerprint density at radius 1 is 1.29 bits per heavy atom. The summed E-state index contributed by atoms with van der Waals surface area (Å²) >= 11 is 0. The highest BCUT2D eigenvalue weighted by molar-refractivity contribution is 5.86. The van der Waals surface area contributed by atoms with E-state index in [1.165, 1.54) is 12.8 Å². The number of para-hydroxylation sites is 1. The Bertz CT molecular complexity index is 656. The molecule has 1 aromatic heterocycles. The van der Waals surface area contributed by atoms with Crippen molar-refractivity contribution in [2.75, 3.05) is 20.1 Å². The standard InChI is InChI=1S/C15H18N2O3.C4H10/c1-17-7-5-10(6-8-17)13-9-11-3-2-4-12(14(11)19-13)20-15(16)18;1-3-4-2/h2-4,9-10H,5-8H2,1H3,(H2,16,18);3-4H2,1-2H3. The summed E-state index contributed by atoms with van der Waals surface area (Å²) in [6, 6.07) is 7.51. The summed E-state index contributed by atoms with van der Waals surface area (Å²) in [6.07, 6.45) is 3.99. The van der Waals surface area contributed by atoms with Crippen LogP contribution in [0.25, 0.3) is 11.0 Å². The molecule has 1 aromatic carbocycles. The molecular formula is C19H28N2O3. The third-order valence-corrected chi connectivity index (χ3v) is 4.36. The van der Waals surface area contributed by atoms with Crippen molar-refractivity contribution in [3.8, 4) is 5.75 Å². The zero-order valence-corrected chi connectivity index (χ0v) is 14.9. The SMILES string of the molecule is CCCC.CN1CCC(c2cc3cccc(OC(N)=O)c3o2)CC1. The van der Waals surface area contributed by atoms with Crippen molar-refractivity contribution in [3.63, 3.8) is 0 Å². The van der Waals surface area contributed by atoms with Crippen LogP contribution in [0.5, 0.6) is 5.75 Å². The van der Waals surface area contributed by atoms with Crippen molar-refractivity contribution in [1.82, 2.24) is 4.90 Å². The maximum atomic E-state index is 10.9. The summed E-state index contributed by atoms with van der Waals surface area (Å²) in [5.41, 5.74) is 5.67. The molecule has 2 aromatic rings. The fourth-order valence-electron chi connectivity index (χ4n) is 2.74. The first-order valence-corrected chi connectivity index (χ1v) is 8.73. The number of nitrogens with zero attached hydrogens (tertiary/aromatic N) is 1. The molecule has 0 radical (unpaired) electrons. The highest BCUT2D eigenvalue weighted by Crippen LogP contribution is 2.35. The van der Waals surface area contributed by atoms with Gasteiger partial charge < -0.3 is 19.8 Å². The minimum absolute atomic E-state index is 0.383. The van der Waals surface area contributed by atoms with Crippen LogP contribution in [0, 0.1) is 0 Å². The lowest BCUT2D eigenvalue weighted by atomic mass is 9.94. The van der Waals surface area contributed by atoms with Crippen molar-refractivity contribution in [2.45, 2.75) is 45.4 Å². The number of amides is 1. The number of piperidine rings is 1. The monoisotopic (exact) mass is 332 g/mol. The molecule has 5 heteroatoms. The first-order chi connectivity index (χ1) is 11.5. The van der Waals surface area contributed by atoms with Crippen molar-refractivity contribution >= 4 is 17.1 Å². The molecule has 132 valence electrons. The van der Waals surface area contributed by atoms with Gasteiger partial charge in [-0.05, 0) is 45.1 Å². The van der Waals surface area contributed by atoms with Crippen molar-refractivity contribution in [2.24, 2.45) is 5.73 Å². The van der Waals surface area contributed by atoms with Crippen LogP contribution < -0.4 is 10.5 Å². The molecule has 2 N–H and O–H groups in total. The van der Waals surface area contributed by atoms with Gasteiger partial charge in [0.1, 0.15) is 5.76 Å². The number of fused-ring (bicyclic) bond motifs is 1. The van der Waals surface area contributed by atoms with Crippen LogP contribution in [-0.4, -0.2) is 31.1 Å². The van der Waals surface area contributed by atoms with Gasteiger partial charge in [-0.3, -0.25) is 0 Å². The Hall–Kier alpha value is -2.01. The third-order valence-electron chi connectivity index (χ3n) is 4.36. The number of rotatable bonds is 3. The summed E-state index contributed by atoms with van der Waals surface area (Å²) in [5.74, 6) is 1.78. The van der Waals surface area contributed by atoms with E-state index in [9.17, 15) is 4.79 Å². The van der Waals surface area contributed by atoms with Gasteiger partial charge in [-0.15, -0.1) is 0 Å². The number of benzene rings is 1. The Morgan fingerprint density at radius 2 is 1.96 bits per heavy atom. The second-order valence-corrected chi connectivity index (χ2v) is 6.32. The molecule has 24 heavy (non-hydrogen) atoms. The molecule has 0 bridgehead atoms. The number of ether oxygens (including phenoxy) is 1. The summed E-state index contributed by atoms with van der Waals surface area (Å²) in [5, 5.41) is 0.942. The van der Waals surface area contributed by atoms with E-state index in [0.29, 0.717) is 17.3 Å². The van der Waals surface area contributed by atoms with Crippen molar-refractivity contribution in [3.05, 3.63) is 30.0 Å². The number of carbonyl (C=O) groups excluding carboxylic acids is 1. The van der Waals surface area contributed by atoms with E-state index in [0.717, 1.165) is 37.1 Å². The lowest BCUT2D eigenvalue weighted by Gasteiger charge is -2.27. The topological polar surface area (TPSA) is 68.7 Å². The molecule has 0 atom stereocenters. The number of carbonyl (C=O) groups is 1. The number of unbranched alkanes of at least 4 members (excludes halogenated alkanes) is 1. The Kier molecular flexibility index (Phi) is 6.67. The number of hydrogen-bond donors (Lipinski definition) is 1. The number of primary amides is 1. The van der Waals surface area contributed by atoms with E-state index in [2.05, 4.69) is 25.8 Å². The maximum absolute atomic E-state index is 10.9. The van der Waals surface area contributed by atoms with E-state index in [1.54, 1.807) is 6.07 Å². The Morgan fingerprint density at radius 3 is 2.54 bits per heavy atom. The van der Waals surface area contributed by atoms with Gasteiger partial charge in [0.15, 0.2) is 11.3 Å². The first-order valence-electron chi connectivity index (χ1n) is 8.73. The Balaban J connectivity index is 0.000000471. The lowest BCUT2D eigenvalue weighted by Crippen LogP contribution is -2.29. The quantitative estimate of drug-likeness (QED) is 0.898. The van der Waals surface area contributed by atoms with E-state index < -0.39 is 6.09 Å². The second-order valence-electron chi connectivity index (χ2n) is 6.32. The average molecular weight is 332 g/mol. The molecule has 5 nitrogen and oxygen atoms in total. The molecule has 1 amide bonds. The van der Waals surface area contributed by atoms with E-state index >= 15 is 0 Å². The van der Waals surface area contributed by atoms with Crippen LogP contribution in [0.4, 0.5) is 4.79 Å². The summed E-state index contributed by atoms with van der Waals surface area (Å²) < 4.78 is 10.9. The summed E-state index contributed by atoms with van der Waals surface area (Å²) in [7, 11) is 2.13. The number of hydrogen-bond acceptors (Lipinski definition) is 4. The van der Waals surface area contributed by atoms with Crippen LogP contribution in [0.15, 0.2) is 28.7 Å². The molecule has 0 aliphatic carbocycles. The fraction of sp³-hybridized carbons (Fsp3) is 0.526. The minimum Gasteiger partial charge on any atom is -0.457 e. The number of nitrogens with two attached hydrogens (primary N) is 1. The van der Waals surface area contributed by atoms with Gasteiger partial charge in [-0.1, -0.05) is 38.8 Å². The Labute approximate surface area is 143 Å². The van der Waals surface area contributed by atoms with Gasteiger partial charge in [0.25, 0.3) is 0 Å². The van der Waals surface area contributed by atoms with Crippen LogP contribution in [0.1, 0.15) is 51.2 Å². The van der Waals surface area contributed by atoms with Crippen LogP contribution >= 0.6 is 0 Å². The molecule has 0 unspecified atom stereocenters. The maximum Gasteiger partial charge on any atom is 0.410 e. The summed E-state index contributed by atoms with van der Waals surface area (Å²) in [6.45, 7) is 6.51. The predicted octanol–water partition coefficient (Wildman–Crippen LogP) is 4.51. The molecular weight excluding hydrogens is 304 g/mol. The predicted molar refractivity (Wildman–Crippen MR) is 96.5 cm³/mol. The molecule has 0 saturated carbocycles. The minimum atomic E-state index is -0.824. The third kappa shape index (κ3) is 4.74. The van der Waals surface area contributed by atoms with E-state index in [-0.39, 0.29) is 0 Å². The number of likely N-dealkylation sites (tertiary alicyclic amines) is 1. The van der Waals surface area contributed by atoms with Crippen LogP contribution in [-0.2, 0) is 0 Å². The van der Waals surface area contributed by atoms with E-state index in [1.807, 2.05) is 18.2 Å². The molecule has 0 spiro atoms. The highest BCUT2D eigenvalue weighted by atomic mass is 16.6. The van der Waals surface area contributed by atoms with Gasteiger partial charge in [-0.2, -0.15) is 0 Å². The molecule has 1 aliphatic rings. The van der Waals surface area contributed by atoms with Crippen molar-refractivity contribution < 1.29 is 13.9 Å². The molecule has 1 saturated heterocycles. The molecule has 1 fully saturated rings. The smallest absolute Gasteiger partial charge is 0.410 e. The first kappa shape index (κ1) is 18.3. The normalized spacial score (nSPS) is 15.8. The van der Waals surface area contributed by atoms with Gasteiger partial charge in [0.05, 0.1) is 0 Å². The fourth-order valence-corrected chi connectivity index (χ4v) is 2.74. The van der Waals surface area contributed by atoms with Crippen molar-refractivity contribution in [1.29, 1.82) is 0 Å². The van der Waals surface area contributed by atoms with Gasteiger partial charge >= 0.3 is 6.09 Å². The van der Waals surface area contributed by atoms with Crippen LogP contribution in [0.3, 0.4) is 0 Å². The molecule has 3 rings (SSSR count).